The molecule has 1 heterocycles. The lowest BCUT2D eigenvalue weighted by atomic mass is 9.95. The fraction of sp³-hybridized carbons (Fsp3) is 0.829. The second-order valence-electron chi connectivity index (χ2n) is 14.1. The average Bonchev–Trinajstić information content (AvgIpc) is 3.04. The summed E-state index contributed by atoms with van der Waals surface area (Å²) in [6.07, 6.45) is 0.0613. The number of ether oxygens (including phenoxy) is 1. The number of nitrogens with one attached hydrogen (secondary N) is 5. The van der Waals surface area contributed by atoms with Gasteiger partial charge in [0.05, 0.1) is 31.8 Å². The van der Waals surface area contributed by atoms with Gasteiger partial charge in [0.15, 0.2) is 0 Å². The Balaban J connectivity index is 2.90. The number of morpholine rings is 1. The van der Waals surface area contributed by atoms with Gasteiger partial charge in [-0.2, -0.15) is 0 Å². The highest BCUT2D eigenvalue weighted by Crippen LogP contribution is 2.14. The van der Waals surface area contributed by atoms with Crippen molar-refractivity contribution in [2.24, 2.45) is 17.8 Å². The topological polar surface area (TPSA) is 216 Å². The number of carbonyl (C=O) groups excluding carboxylic acids is 5. The van der Waals surface area contributed by atoms with Crippen molar-refractivity contribution in [2.45, 2.75) is 130 Å². The van der Waals surface area contributed by atoms with Gasteiger partial charge in [-0.1, -0.05) is 61.3 Å². The van der Waals surface area contributed by atoms with Crippen molar-refractivity contribution in [1.82, 2.24) is 31.5 Å². The van der Waals surface area contributed by atoms with Gasteiger partial charge in [0.25, 0.3) is 0 Å². The van der Waals surface area contributed by atoms with E-state index < -0.39 is 59.9 Å². The fourth-order valence-corrected chi connectivity index (χ4v) is 5.64. The predicted molar refractivity (Wildman–Crippen MR) is 189 cm³/mol. The zero-order valence-electron chi connectivity index (χ0n) is 31.2. The Morgan fingerprint density at radius 1 is 0.800 bits per heavy atom. The van der Waals surface area contributed by atoms with Crippen LogP contribution >= 0.6 is 0 Å². The monoisotopic (exact) mass is 712 g/mol. The van der Waals surface area contributed by atoms with Gasteiger partial charge in [-0.25, -0.2) is 0 Å². The maximum absolute atomic E-state index is 13.6. The summed E-state index contributed by atoms with van der Waals surface area (Å²) in [4.78, 5) is 78.6. The molecule has 50 heavy (non-hydrogen) atoms. The number of amides is 5. The molecule has 1 rings (SSSR count). The minimum atomic E-state index is -1.27. The van der Waals surface area contributed by atoms with E-state index in [0.717, 1.165) is 13.1 Å². The number of aliphatic carboxylic acids is 1. The Kier molecular flexibility index (Phi) is 21.5. The number of aliphatic hydroxyl groups is 1. The second kappa shape index (κ2) is 24.0. The maximum atomic E-state index is 13.6. The minimum absolute atomic E-state index is 0.0454. The molecule has 0 radical (unpaired) electrons. The Hall–Kier alpha value is -3.30. The van der Waals surface area contributed by atoms with E-state index in [-0.39, 0.29) is 49.3 Å². The summed E-state index contributed by atoms with van der Waals surface area (Å²) in [6, 6.07) is -3.53. The molecule has 0 aliphatic carbocycles. The van der Waals surface area contributed by atoms with Crippen LogP contribution in [0.5, 0.6) is 0 Å². The van der Waals surface area contributed by atoms with Crippen LogP contribution in [-0.2, 0) is 33.5 Å². The smallest absolute Gasteiger partial charge is 0.303 e. The number of aliphatic hydroxyl groups excluding tert-OH is 1. The summed E-state index contributed by atoms with van der Waals surface area (Å²) >= 11 is 0. The number of nitrogens with zero attached hydrogens (tertiary/aromatic N) is 1. The fourth-order valence-electron chi connectivity index (χ4n) is 5.64. The van der Waals surface area contributed by atoms with Crippen molar-refractivity contribution in [1.29, 1.82) is 0 Å². The molecular weight excluding hydrogens is 648 g/mol. The largest absolute Gasteiger partial charge is 0.481 e. The van der Waals surface area contributed by atoms with Gasteiger partial charge in [0.2, 0.25) is 29.5 Å². The third-order valence-corrected chi connectivity index (χ3v) is 8.83. The normalized spacial score (nSPS) is 17.2. The van der Waals surface area contributed by atoms with Crippen LogP contribution in [0.1, 0.15) is 99.8 Å². The highest BCUT2D eigenvalue weighted by molar-refractivity contribution is 5.92. The van der Waals surface area contributed by atoms with Gasteiger partial charge in [-0.05, 0) is 37.0 Å². The first-order chi connectivity index (χ1) is 23.6. The predicted octanol–water partition coefficient (Wildman–Crippen LogP) is 0.928. The molecule has 288 valence electrons. The molecule has 0 saturated carbocycles. The van der Waals surface area contributed by atoms with Crippen LogP contribution in [0.15, 0.2) is 0 Å². The number of carbonyl (C=O) groups is 6. The molecule has 1 aliphatic heterocycles. The highest BCUT2D eigenvalue weighted by atomic mass is 16.5. The number of hydrogen-bond acceptors (Lipinski definition) is 9. The summed E-state index contributed by atoms with van der Waals surface area (Å²) in [6.45, 7) is 17.0. The molecule has 5 amide bonds. The summed E-state index contributed by atoms with van der Waals surface area (Å²) in [5.74, 6) is -3.80. The molecule has 0 aromatic carbocycles. The van der Waals surface area contributed by atoms with Crippen LogP contribution < -0.4 is 26.6 Å². The first kappa shape index (κ1) is 44.7. The molecule has 15 heteroatoms. The standard InChI is InChI=1S/C35H64N6O9/c1-8-11-25(37-35(49)32(24(7)9-2)39-28(43)12-10-13-30(45)46)33(47)38-26(20-22(3)4)27(42)21-29(44)40-31(23(5)6)34(48)36-14-15-41-16-18-50-19-17-41/h22-27,31-32,42H,8-21H2,1-7H3,(H,36,48)(H,37,49)(H,38,47)(H,39,43)(H,40,44)(H,45,46)/t24-,25+,26+,27+,31+,32+/m1/s1. The van der Waals surface area contributed by atoms with Crippen molar-refractivity contribution in [3.05, 3.63) is 0 Å². The van der Waals surface area contributed by atoms with Crippen LogP contribution in [0.2, 0.25) is 0 Å². The maximum Gasteiger partial charge on any atom is 0.303 e. The van der Waals surface area contributed by atoms with E-state index in [1.807, 2.05) is 41.5 Å². The lowest BCUT2D eigenvalue weighted by molar-refractivity contribution is -0.137. The molecule has 0 spiro atoms. The third-order valence-electron chi connectivity index (χ3n) is 8.83. The van der Waals surface area contributed by atoms with E-state index in [1.165, 1.54) is 0 Å². The Bertz CT molecular complexity index is 1080. The summed E-state index contributed by atoms with van der Waals surface area (Å²) in [5, 5.41) is 34.0. The Morgan fingerprint density at radius 3 is 2.00 bits per heavy atom. The molecule has 1 fully saturated rings. The SMILES string of the molecule is CCC[C@H](NC(=O)[C@@H](NC(=O)CCCC(=O)O)[C@H](C)CC)C(=O)N[C@@H](CC(C)C)[C@@H](O)CC(=O)N[C@H](C(=O)NCCN1CCOCC1)C(C)C. The molecule has 1 aliphatic rings. The molecule has 1 saturated heterocycles. The van der Waals surface area contributed by atoms with Gasteiger partial charge in [-0.15, -0.1) is 0 Å². The number of carboxylic acid groups (broad SMARTS) is 1. The lowest BCUT2D eigenvalue weighted by Gasteiger charge is -2.30. The lowest BCUT2D eigenvalue weighted by Crippen LogP contribution is -2.58. The van der Waals surface area contributed by atoms with Crippen molar-refractivity contribution >= 4 is 35.5 Å². The van der Waals surface area contributed by atoms with Gasteiger partial charge < -0.3 is 41.5 Å². The van der Waals surface area contributed by atoms with E-state index in [2.05, 4.69) is 31.5 Å². The van der Waals surface area contributed by atoms with Crippen molar-refractivity contribution in [2.75, 3.05) is 39.4 Å². The zero-order valence-corrected chi connectivity index (χ0v) is 31.2. The molecule has 0 bridgehead atoms. The summed E-state index contributed by atoms with van der Waals surface area (Å²) < 4.78 is 5.35. The van der Waals surface area contributed by atoms with Crippen LogP contribution in [0.25, 0.3) is 0 Å². The molecule has 7 N–H and O–H groups in total. The van der Waals surface area contributed by atoms with E-state index in [4.69, 9.17) is 9.84 Å². The minimum Gasteiger partial charge on any atom is -0.481 e. The molecular formula is C35H64N6O9. The molecule has 6 atom stereocenters. The number of carboxylic acids is 1. The highest BCUT2D eigenvalue weighted by Gasteiger charge is 2.33. The molecule has 0 unspecified atom stereocenters. The van der Waals surface area contributed by atoms with E-state index in [1.54, 1.807) is 6.92 Å². The number of rotatable bonds is 24. The van der Waals surface area contributed by atoms with Gasteiger partial charge >= 0.3 is 5.97 Å². The first-order valence-corrected chi connectivity index (χ1v) is 18.3. The molecule has 0 aromatic rings. The van der Waals surface area contributed by atoms with Crippen LogP contribution in [0.4, 0.5) is 0 Å². The first-order valence-electron chi connectivity index (χ1n) is 18.3. The van der Waals surface area contributed by atoms with E-state index in [9.17, 15) is 33.9 Å². The van der Waals surface area contributed by atoms with Crippen LogP contribution in [0.3, 0.4) is 0 Å². The third kappa shape index (κ3) is 17.6. The second-order valence-corrected chi connectivity index (χ2v) is 14.1. The number of hydrogen-bond donors (Lipinski definition) is 7. The van der Waals surface area contributed by atoms with E-state index >= 15 is 0 Å². The quantitative estimate of drug-likeness (QED) is 0.0752. The van der Waals surface area contributed by atoms with Gasteiger partial charge in [0, 0.05) is 39.0 Å². The Labute approximate surface area is 297 Å². The van der Waals surface area contributed by atoms with Crippen LogP contribution in [0, 0.1) is 17.8 Å². The van der Waals surface area contributed by atoms with Crippen molar-refractivity contribution < 1.29 is 43.7 Å². The molecule has 15 nitrogen and oxygen atoms in total. The Morgan fingerprint density at radius 2 is 1.44 bits per heavy atom. The van der Waals surface area contributed by atoms with Gasteiger partial charge in [-0.3, -0.25) is 33.7 Å². The van der Waals surface area contributed by atoms with Gasteiger partial charge in [0.1, 0.15) is 18.1 Å². The zero-order chi connectivity index (χ0) is 37.8. The summed E-state index contributed by atoms with van der Waals surface area (Å²) in [7, 11) is 0. The van der Waals surface area contributed by atoms with Crippen molar-refractivity contribution in [3.63, 3.8) is 0 Å². The van der Waals surface area contributed by atoms with E-state index in [0.29, 0.717) is 52.0 Å². The van der Waals surface area contributed by atoms with Crippen molar-refractivity contribution in [3.8, 4) is 0 Å². The summed E-state index contributed by atoms with van der Waals surface area (Å²) in [5.41, 5.74) is 0. The molecule has 0 aromatic heterocycles. The van der Waals surface area contributed by atoms with Crippen LogP contribution in [-0.4, -0.2) is 120 Å². The average molecular weight is 713 g/mol.